The van der Waals surface area contributed by atoms with Gasteiger partial charge >= 0.3 is 0 Å². The van der Waals surface area contributed by atoms with Crippen molar-refractivity contribution in [2.75, 3.05) is 70.9 Å². The van der Waals surface area contributed by atoms with Crippen molar-refractivity contribution < 1.29 is 42.6 Å². The fourth-order valence-corrected chi connectivity index (χ4v) is 9.20. The Labute approximate surface area is 417 Å². The molecule has 22 heteroatoms. The maximum Gasteiger partial charge on any atom is 0.254 e. The van der Waals surface area contributed by atoms with E-state index in [9.17, 15) is 33.6 Å². The van der Waals surface area contributed by atoms with E-state index in [4.69, 9.17) is 30.7 Å². The van der Waals surface area contributed by atoms with Crippen LogP contribution in [-0.2, 0) is 54.7 Å². The lowest BCUT2D eigenvalue weighted by atomic mass is 9.84. The summed E-state index contributed by atoms with van der Waals surface area (Å²) in [6.07, 6.45) is 3.17. The van der Waals surface area contributed by atoms with Crippen LogP contribution in [0, 0.1) is 22.6 Å². The van der Waals surface area contributed by atoms with Crippen molar-refractivity contribution in [1.82, 2.24) is 45.5 Å². The van der Waals surface area contributed by atoms with Crippen molar-refractivity contribution in [3.63, 3.8) is 0 Å². The monoisotopic (exact) mass is 993 g/mol. The number of amides is 5. The van der Waals surface area contributed by atoms with Crippen LogP contribution in [0.4, 0.5) is 16.0 Å². The SMILES string of the molecule is CN[C@@H](C)C(=O)N[C@H](C(=O)N1Cc2cc(OCCOCCOCCC(=O)NCCn3nc(C#N)c4c3CN(C)C(=O)c3ccc(F)cc3[C@H]3CCCN3c3nc-4cnc3N)ccc2C[C@H]1C(N)=O)C(C)(C)C. The van der Waals surface area contributed by atoms with Gasteiger partial charge in [-0.2, -0.15) is 10.4 Å². The lowest BCUT2D eigenvalue weighted by Gasteiger charge is -2.40. The van der Waals surface area contributed by atoms with E-state index in [1.54, 1.807) is 31.8 Å². The number of carbonyl (C=O) groups is 5. The Morgan fingerprint density at radius 2 is 1.78 bits per heavy atom. The number of nitrogens with zero attached hydrogens (tertiary/aromatic N) is 8. The molecule has 72 heavy (non-hydrogen) atoms. The molecule has 7 rings (SSSR count). The van der Waals surface area contributed by atoms with Crippen molar-refractivity contribution in [3.05, 3.63) is 82.1 Å². The quantitative estimate of drug-likeness (QED) is 0.0896. The second-order valence-corrected chi connectivity index (χ2v) is 19.2. The van der Waals surface area contributed by atoms with Crippen LogP contribution in [0.5, 0.6) is 5.75 Å². The van der Waals surface area contributed by atoms with Crippen molar-refractivity contribution in [2.24, 2.45) is 11.1 Å². The number of hydrogen-bond acceptors (Lipinski definition) is 15. The zero-order chi connectivity index (χ0) is 51.9. The average Bonchev–Trinajstić information content (AvgIpc) is 3.98. The lowest BCUT2D eigenvalue weighted by Crippen LogP contribution is -2.61. The Hall–Kier alpha value is -7.22. The molecule has 0 aliphatic carbocycles. The summed E-state index contributed by atoms with van der Waals surface area (Å²) in [5.41, 5.74) is 15.3. The number of nitrogens with one attached hydrogen (secondary N) is 3. The number of ether oxygens (including phenoxy) is 3. The van der Waals surface area contributed by atoms with Crippen LogP contribution >= 0.6 is 0 Å². The standard InChI is InChI=1S/C50H64FN13O8/c1-29(55-5)47(67)59-43(50(2,3)4)49(69)63-27-31-22-33(11-9-30(31)23-39(63)45(54)66)72-21-20-71-19-18-70-17-13-41(65)56-14-16-64-40-28-61(6)48(68)34-12-10-32(51)24-35(34)38-8-7-15-62(38)46-44(53)57-26-37(58-46)42(40)36(25-52)60-64/h9-12,22,24,26,29,38-39,43,55H,7-8,13-21,23,27-28H2,1-6H3,(H2,53,57)(H2,54,66)(H,56,65)(H,59,67)/t29-,38+,39-,43+/m0/s1. The smallest absolute Gasteiger partial charge is 0.254 e. The van der Waals surface area contributed by atoms with Crippen molar-refractivity contribution in [1.29, 1.82) is 5.26 Å². The minimum atomic E-state index is -0.909. The van der Waals surface area contributed by atoms with Crippen LogP contribution in [0.1, 0.15) is 91.4 Å². The fraction of sp³-hybridized carbons (Fsp3) is 0.500. The van der Waals surface area contributed by atoms with Gasteiger partial charge in [-0.1, -0.05) is 26.8 Å². The molecule has 7 N–H and O–H groups in total. The number of hydrogen-bond donors (Lipinski definition) is 5. The van der Waals surface area contributed by atoms with Crippen molar-refractivity contribution in [3.8, 4) is 23.1 Å². The van der Waals surface area contributed by atoms with E-state index >= 15 is 0 Å². The predicted molar refractivity (Wildman–Crippen MR) is 262 cm³/mol. The molecule has 1 fully saturated rings. The van der Waals surface area contributed by atoms with Gasteiger partial charge in [0, 0.05) is 45.1 Å². The molecule has 21 nitrogen and oxygen atoms in total. The van der Waals surface area contributed by atoms with Gasteiger partial charge in [0.25, 0.3) is 5.91 Å². The van der Waals surface area contributed by atoms with Gasteiger partial charge in [0.1, 0.15) is 36.3 Å². The van der Waals surface area contributed by atoms with Crippen LogP contribution in [0.2, 0.25) is 0 Å². The van der Waals surface area contributed by atoms with Crippen LogP contribution in [-0.4, -0.2) is 137 Å². The molecule has 0 radical (unpaired) electrons. The van der Waals surface area contributed by atoms with Crippen molar-refractivity contribution in [2.45, 2.75) is 97.2 Å². The first kappa shape index (κ1) is 52.6. The summed E-state index contributed by atoms with van der Waals surface area (Å²) in [6, 6.07) is 9.06. The highest BCUT2D eigenvalue weighted by atomic mass is 19.1. The summed E-state index contributed by atoms with van der Waals surface area (Å²) in [7, 11) is 3.28. The number of likely N-dealkylation sites (N-methyl/N-ethyl adjacent to an activating group) is 1. The Morgan fingerprint density at radius 1 is 1.03 bits per heavy atom. The molecule has 2 aromatic heterocycles. The molecular formula is C50H64FN13O8. The molecule has 3 aliphatic heterocycles. The first-order chi connectivity index (χ1) is 34.4. The largest absolute Gasteiger partial charge is 0.491 e. The number of nitriles is 1. The molecule has 384 valence electrons. The second-order valence-electron chi connectivity index (χ2n) is 19.2. The maximum atomic E-state index is 14.7. The molecule has 4 aromatic rings. The molecule has 4 atom stereocenters. The number of primary amides is 1. The van der Waals surface area contributed by atoms with Crippen molar-refractivity contribution >= 4 is 41.2 Å². The first-order valence-electron chi connectivity index (χ1n) is 24.1. The highest BCUT2D eigenvalue weighted by molar-refractivity contribution is 5.96. The number of fused-ring (bicyclic) bond motifs is 9. The fourth-order valence-electron chi connectivity index (χ4n) is 9.20. The predicted octanol–water partition coefficient (Wildman–Crippen LogP) is 2.36. The Balaban J connectivity index is 0.875. The zero-order valence-electron chi connectivity index (χ0n) is 41.6. The third kappa shape index (κ3) is 11.9. The first-order valence-corrected chi connectivity index (χ1v) is 24.1. The summed E-state index contributed by atoms with van der Waals surface area (Å²) in [5, 5.41) is 23.4. The van der Waals surface area contributed by atoms with Gasteiger partial charge < -0.3 is 56.3 Å². The van der Waals surface area contributed by atoms with Crippen LogP contribution in [0.25, 0.3) is 11.3 Å². The highest BCUT2D eigenvalue weighted by Gasteiger charge is 2.42. The van der Waals surface area contributed by atoms with E-state index in [1.165, 1.54) is 34.2 Å². The summed E-state index contributed by atoms with van der Waals surface area (Å²) in [4.78, 5) is 80.6. The van der Waals surface area contributed by atoms with Gasteiger partial charge in [0.15, 0.2) is 17.3 Å². The van der Waals surface area contributed by atoms with Crippen LogP contribution in [0.3, 0.4) is 0 Å². The number of benzene rings is 2. The van der Waals surface area contributed by atoms with E-state index in [0.717, 1.165) is 17.5 Å². The van der Waals surface area contributed by atoms with Gasteiger partial charge in [-0.15, -0.1) is 0 Å². The molecule has 1 saturated heterocycles. The molecule has 3 aliphatic rings. The zero-order valence-corrected chi connectivity index (χ0v) is 41.6. The number of rotatable bonds is 18. The topological polar surface area (TPSA) is 278 Å². The molecule has 5 amide bonds. The minimum absolute atomic E-state index is 0.0150. The second kappa shape index (κ2) is 22.9. The Kier molecular flexibility index (Phi) is 16.7. The Bertz CT molecular complexity index is 2720. The van der Waals surface area contributed by atoms with E-state index < -0.39 is 41.2 Å². The summed E-state index contributed by atoms with van der Waals surface area (Å²) < 4.78 is 33.6. The van der Waals surface area contributed by atoms with E-state index in [-0.39, 0.29) is 107 Å². The Morgan fingerprint density at radius 3 is 2.50 bits per heavy atom. The number of nitrogens with two attached hydrogens (primary N) is 2. The van der Waals surface area contributed by atoms with Crippen LogP contribution in [0.15, 0.2) is 42.6 Å². The third-order valence-corrected chi connectivity index (χ3v) is 13.2. The van der Waals surface area contributed by atoms with Gasteiger partial charge in [-0.05, 0) is 79.3 Å². The molecule has 2 bridgehead atoms. The number of anilines is 2. The number of carbonyl (C=O) groups excluding carboxylic acids is 5. The molecule has 5 heterocycles. The minimum Gasteiger partial charge on any atom is -0.491 e. The van der Waals surface area contributed by atoms with E-state index in [0.29, 0.717) is 52.6 Å². The molecule has 0 saturated carbocycles. The van der Waals surface area contributed by atoms with E-state index in [1.807, 2.05) is 37.8 Å². The normalized spacial score (nSPS) is 17.2. The lowest BCUT2D eigenvalue weighted by molar-refractivity contribution is -0.146. The molecular weight excluding hydrogens is 930 g/mol. The number of nitrogen functional groups attached to an aromatic ring is 1. The molecule has 0 unspecified atom stereocenters. The molecule has 0 spiro atoms. The van der Waals surface area contributed by atoms with Gasteiger partial charge in [-0.25, -0.2) is 14.4 Å². The maximum absolute atomic E-state index is 14.7. The van der Waals surface area contributed by atoms with Gasteiger partial charge in [0.2, 0.25) is 23.6 Å². The highest BCUT2D eigenvalue weighted by Crippen LogP contribution is 2.41. The third-order valence-electron chi connectivity index (χ3n) is 13.2. The van der Waals surface area contributed by atoms with E-state index in [2.05, 4.69) is 32.1 Å². The summed E-state index contributed by atoms with van der Waals surface area (Å²) >= 11 is 0. The van der Waals surface area contributed by atoms with Crippen LogP contribution < -0.4 is 37.1 Å². The summed E-state index contributed by atoms with van der Waals surface area (Å²) in [6.45, 7) is 9.32. The summed E-state index contributed by atoms with van der Waals surface area (Å²) in [5.74, 6) is -1.36. The van der Waals surface area contributed by atoms with Gasteiger partial charge in [0.05, 0.1) is 74.7 Å². The van der Waals surface area contributed by atoms with Gasteiger partial charge in [-0.3, -0.25) is 28.7 Å². The molecule has 2 aromatic carbocycles. The average molecular weight is 994 g/mol. The number of halogens is 1. The number of aromatic nitrogens is 4.